The molecule has 1 aromatic rings. The number of cyclic esters (lactones) is 1. The van der Waals surface area contributed by atoms with Crippen molar-refractivity contribution in [3.8, 4) is 0 Å². The Labute approximate surface area is 244 Å². The number of hydrogen-bond donors (Lipinski definition) is 2. The predicted octanol–water partition coefficient (Wildman–Crippen LogP) is 2.52. The van der Waals surface area contributed by atoms with Crippen molar-refractivity contribution in [2.75, 3.05) is 7.11 Å². The molecule has 0 aromatic carbocycles. The highest BCUT2D eigenvalue weighted by molar-refractivity contribution is 5.99. The third-order valence-corrected chi connectivity index (χ3v) is 11.6. The fourth-order valence-corrected chi connectivity index (χ4v) is 9.89. The molecule has 5 aliphatic rings. The van der Waals surface area contributed by atoms with Crippen LogP contribution in [0.3, 0.4) is 0 Å². The first-order chi connectivity index (χ1) is 19.5. The molecule has 6 rings (SSSR count). The molecule has 3 saturated carbocycles. The lowest BCUT2D eigenvalue weighted by molar-refractivity contribution is -0.261. The lowest BCUT2D eigenvalue weighted by Gasteiger charge is -2.67. The van der Waals surface area contributed by atoms with Gasteiger partial charge in [0, 0.05) is 39.6 Å². The summed E-state index contributed by atoms with van der Waals surface area (Å²) in [5.74, 6) is -5.42. The summed E-state index contributed by atoms with van der Waals surface area (Å²) in [5, 5.41) is 24.1. The minimum atomic E-state index is -2.30. The molecule has 2 N–H and O–H groups in total. The SMILES string of the molecule is COC(=O)[C@H](O)[C@H]1C(C)(C)[C@H](OC(=O)C(C)C)[C@@]2(O)C(=O)[C@]1(C)[C@@H]1CC[C@@]3(C)[C@H](c4ccoc4)OC(=O)C[C@@H]3[C@]13O[C@H]23. The van der Waals surface area contributed by atoms with Gasteiger partial charge in [0.2, 0.25) is 0 Å². The van der Waals surface area contributed by atoms with E-state index in [1.165, 1.54) is 6.26 Å². The molecule has 11 nitrogen and oxygen atoms in total. The molecular formula is C31H40O11. The van der Waals surface area contributed by atoms with Crippen molar-refractivity contribution in [1.29, 1.82) is 0 Å². The summed E-state index contributed by atoms with van der Waals surface area (Å²) in [5.41, 5.74) is -6.22. The van der Waals surface area contributed by atoms with Crippen LogP contribution in [0, 0.1) is 39.9 Å². The Balaban J connectivity index is 1.55. The molecule has 3 heterocycles. The van der Waals surface area contributed by atoms with Gasteiger partial charge in [-0.3, -0.25) is 14.4 Å². The van der Waals surface area contributed by atoms with Gasteiger partial charge in [-0.2, -0.15) is 0 Å². The molecule has 1 aromatic heterocycles. The average Bonchev–Trinajstić information content (AvgIpc) is 3.41. The lowest BCUT2D eigenvalue weighted by Crippen LogP contribution is -2.81. The van der Waals surface area contributed by atoms with E-state index in [-0.39, 0.29) is 6.42 Å². The summed E-state index contributed by atoms with van der Waals surface area (Å²) in [6.07, 6.45) is -0.922. The number of ketones is 1. The second kappa shape index (κ2) is 8.89. The van der Waals surface area contributed by atoms with Gasteiger partial charge in [-0.15, -0.1) is 0 Å². The predicted molar refractivity (Wildman–Crippen MR) is 142 cm³/mol. The molecule has 0 amide bonds. The van der Waals surface area contributed by atoms with E-state index < -0.39 is 99.2 Å². The Bertz CT molecular complexity index is 1330. The number of rotatable bonds is 5. The maximum atomic E-state index is 14.7. The molecule has 5 fully saturated rings. The fourth-order valence-electron chi connectivity index (χ4n) is 9.89. The third-order valence-electron chi connectivity index (χ3n) is 11.6. The molecule has 11 heteroatoms. The van der Waals surface area contributed by atoms with Crippen LogP contribution in [0.2, 0.25) is 0 Å². The van der Waals surface area contributed by atoms with Gasteiger partial charge in [0.05, 0.1) is 32.0 Å². The zero-order valence-electron chi connectivity index (χ0n) is 25.0. The van der Waals surface area contributed by atoms with E-state index in [0.717, 1.165) is 7.11 Å². The summed E-state index contributed by atoms with van der Waals surface area (Å²) < 4.78 is 28.6. The monoisotopic (exact) mass is 588 g/mol. The second-order valence-electron chi connectivity index (χ2n) is 14.3. The average molecular weight is 589 g/mol. The first-order valence-corrected chi connectivity index (χ1v) is 14.7. The number of aliphatic hydroxyl groups excluding tert-OH is 1. The molecule has 2 aliphatic heterocycles. The standard InChI is InChI=1S/C31H40O11/c1-14(2)22(34)41-25-27(3,4)20(19(33)23(35)38-7)29(6)16-8-10-28(5)17(31(16)26(42-31)30(25,37)24(29)36)12-18(32)40-21(28)15-9-11-39-13-15/h9,11,13-14,16-17,19-21,25-26,33,37H,8,10,12H2,1-7H3/t16-,17-,19+,20-,21-,25-,26+,28+,29+,30-,31+/m0/s1. The smallest absolute Gasteiger partial charge is 0.335 e. The van der Waals surface area contributed by atoms with Crippen molar-refractivity contribution >= 4 is 23.7 Å². The molecule has 0 radical (unpaired) electrons. The van der Waals surface area contributed by atoms with Crippen LogP contribution in [0.5, 0.6) is 0 Å². The van der Waals surface area contributed by atoms with E-state index in [4.69, 9.17) is 23.4 Å². The Morgan fingerprint density at radius 3 is 2.38 bits per heavy atom. The summed E-state index contributed by atoms with van der Waals surface area (Å²) in [7, 11) is 1.15. The van der Waals surface area contributed by atoms with Crippen molar-refractivity contribution in [2.24, 2.45) is 39.9 Å². The maximum absolute atomic E-state index is 14.7. The molecule has 42 heavy (non-hydrogen) atoms. The van der Waals surface area contributed by atoms with Crippen LogP contribution in [0.25, 0.3) is 0 Å². The molecule has 2 saturated heterocycles. The highest BCUT2D eigenvalue weighted by Gasteiger charge is 2.91. The van der Waals surface area contributed by atoms with Crippen LogP contribution in [0.1, 0.15) is 72.5 Å². The van der Waals surface area contributed by atoms with Gasteiger partial charge in [0.1, 0.15) is 23.9 Å². The molecular weight excluding hydrogens is 548 g/mol. The number of hydrogen-bond acceptors (Lipinski definition) is 11. The van der Waals surface area contributed by atoms with Gasteiger partial charge in [-0.25, -0.2) is 4.79 Å². The summed E-state index contributed by atoms with van der Waals surface area (Å²) in [6.45, 7) is 10.3. The zero-order chi connectivity index (χ0) is 30.8. The topological polar surface area (TPSA) is 162 Å². The van der Waals surface area contributed by atoms with Crippen molar-refractivity contribution in [2.45, 2.75) is 96.4 Å². The Morgan fingerprint density at radius 1 is 1.10 bits per heavy atom. The Hall–Kier alpha value is -2.76. The van der Waals surface area contributed by atoms with Crippen LogP contribution < -0.4 is 0 Å². The van der Waals surface area contributed by atoms with Gasteiger partial charge in [0.15, 0.2) is 17.5 Å². The fraction of sp³-hybridized carbons (Fsp3) is 0.742. The first-order valence-electron chi connectivity index (χ1n) is 14.7. The number of Topliss-reactive ketones (excluding diaryl/α,β-unsaturated/α-hetero) is 1. The summed E-state index contributed by atoms with van der Waals surface area (Å²) in [4.78, 5) is 53.8. The number of furan rings is 1. The van der Waals surface area contributed by atoms with Crippen molar-refractivity contribution < 1.29 is 52.8 Å². The van der Waals surface area contributed by atoms with Gasteiger partial charge in [-0.1, -0.05) is 41.5 Å². The number of methoxy groups -OCH3 is 1. The summed E-state index contributed by atoms with van der Waals surface area (Å²) in [6, 6.07) is 1.75. The number of ether oxygens (including phenoxy) is 4. The van der Waals surface area contributed by atoms with Crippen molar-refractivity contribution in [3.63, 3.8) is 0 Å². The van der Waals surface area contributed by atoms with E-state index in [1.807, 2.05) is 6.92 Å². The minimum Gasteiger partial charge on any atom is -0.472 e. The summed E-state index contributed by atoms with van der Waals surface area (Å²) >= 11 is 0. The minimum absolute atomic E-state index is 0.0116. The number of carbonyl (C=O) groups is 4. The maximum Gasteiger partial charge on any atom is 0.335 e. The largest absolute Gasteiger partial charge is 0.472 e. The lowest BCUT2D eigenvalue weighted by atomic mass is 9.36. The normalized spacial score (nSPS) is 45.6. The van der Waals surface area contributed by atoms with Crippen molar-refractivity contribution in [1.82, 2.24) is 0 Å². The number of fused-ring (bicyclic) bond motifs is 5. The quantitative estimate of drug-likeness (QED) is 0.295. The van der Waals surface area contributed by atoms with E-state index in [0.29, 0.717) is 18.4 Å². The van der Waals surface area contributed by atoms with E-state index in [2.05, 4.69) is 0 Å². The van der Waals surface area contributed by atoms with Gasteiger partial charge >= 0.3 is 17.9 Å². The molecule has 1 spiro atoms. The van der Waals surface area contributed by atoms with Crippen LogP contribution in [-0.4, -0.2) is 70.5 Å². The van der Waals surface area contributed by atoms with Gasteiger partial charge in [-0.05, 0) is 18.9 Å². The second-order valence-corrected chi connectivity index (χ2v) is 14.3. The number of carbonyl (C=O) groups excluding carboxylic acids is 4. The van der Waals surface area contributed by atoms with Crippen LogP contribution >= 0.6 is 0 Å². The highest BCUT2D eigenvalue weighted by Crippen LogP contribution is 2.78. The molecule has 230 valence electrons. The van der Waals surface area contributed by atoms with E-state index in [9.17, 15) is 29.4 Å². The Morgan fingerprint density at radius 2 is 1.79 bits per heavy atom. The van der Waals surface area contributed by atoms with Gasteiger partial charge in [0.25, 0.3) is 0 Å². The third kappa shape index (κ3) is 3.33. The van der Waals surface area contributed by atoms with Crippen molar-refractivity contribution in [3.05, 3.63) is 24.2 Å². The number of epoxide rings is 1. The van der Waals surface area contributed by atoms with Crippen LogP contribution in [0.4, 0.5) is 0 Å². The van der Waals surface area contributed by atoms with Gasteiger partial charge < -0.3 is 33.6 Å². The number of esters is 3. The van der Waals surface area contributed by atoms with Crippen LogP contribution in [-0.2, 0) is 38.1 Å². The Kier molecular flexibility index (Phi) is 6.20. The molecule has 3 aliphatic carbocycles. The molecule has 11 atom stereocenters. The zero-order valence-corrected chi connectivity index (χ0v) is 25.0. The van der Waals surface area contributed by atoms with E-state index >= 15 is 0 Å². The first kappa shape index (κ1) is 29.3. The van der Waals surface area contributed by atoms with E-state index in [1.54, 1.807) is 46.9 Å². The number of aliphatic hydroxyl groups is 2. The molecule has 2 bridgehead atoms. The highest BCUT2D eigenvalue weighted by atomic mass is 16.6. The molecule has 0 unspecified atom stereocenters. The van der Waals surface area contributed by atoms with Crippen LogP contribution in [0.15, 0.2) is 23.0 Å².